The summed E-state index contributed by atoms with van der Waals surface area (Å²) in [4.78, 5) is 28.0. The number of hydrogen-bond acceptors (Lipinski definition) is 6. The van der Waals surface area contributed by atoms with Crippen molar-refractivity contribution in [1.82, 2.24) is 29.5 Å². The van der Waals surface area contributed by atoms with E-state index in [1.807, 2.05) is 85.1 Å². The van der Waals surface area contributed by atoms with Gasteiger partial charge in [0, 0.05) is 50.2 Å². The van der Waals surface area contributed by atoms with Crippen LogP contribution in [0.25, 0.3) is 106 Å². The second-order valence-electron chi connectivity index (χ2n) is 16.5. The zero-order chi connectivity index (χ0) is 43.6. The Morgan fingerprint density at radius 3 is 1.61 bits per heavy atom. The van der Waals surface area contributed by atoms with Crippen LogP contribution in [0.1, 0.15) is 0 Å². The molecule has 12 aromatic rings. The highest BCUT2D eigenvalue weighted by atomic mass is 15.2. The molecule has 0 amide bonds. The summed E-state index contributed by atoms with van der Waals surface area (Å²) < 4.78 is 2.27. The van der Waals surface area contributed by atoms with Gasteiger partial charge < -0.3 is 0 Å². The molecule has 0 N–H and O–H groups in total. The Hall–Kier alpha value is -9.07. The molecule has 0 spiro atoms. The second kappa shape index (κ2) is 15.3. The van der Waals surface area contributed by atoms with Gasteiger partial charge in [-0.15, -0.1) is 0 Å². The molecule has 8 aromatic carbocycles. The molecule has 1 aliphatic rings. The van der Waals surface area contributed by atoms with Gasteiger partial charge in [0.2, 0.25) is 0 Å². The van der Waals surface area contributed by atoms with Crippen LogP contribution in [0.2, 0.25) is 0 Å². The van der Waals surface area contributed by atoms with Gasteiger partial charge in [0.05, 0.1) is 28.1 Å². The lowest BCUT2D eigenvalue weighted by molar-refractivity contribution is 1.07. The van der Waals surface area contributed by atoms with Crippen LogP contribution in [0.4, 0.5) is 17.2 Å². The highest BCUT2D eigenvalue weighted by Gasteiger charge is 2.30. The molecule has 1 aliphatic heterocycles. The number of benzene rings is 8. The molecule has 5 heterocycles. The summed E-state index contributed by atoms with van der Waals surface area (Å²) in [6.07, 6.45) is 1.86. The largest absolute Gasteiger partial charge is 0.294 e. The van der Waals surface area contributed by atoms with Crippen LogP contribution >= 0.6 is 0 Å². The average molecular weight is 844 g/mol. The van der Waals surface area contributed by atoms with E-state index >= 15 is 0 Å². The smallest absolute Gasteiger partial charge is 0.164 e. The number of hydrogen-bond donors (Lipinski definition) is 0. The van der Waals surface area contributed by atoms with Crippen molar-refractivity contribution in [3.63, 3.8) is 0 Å². The van der Waals surface area contributed by atoms with E-state index in [0.717, 1.165) is 89.5 Å². The summed E-state index contributed by atoms with van der Waals surface area (Å²) in [5.41, 5.74) is 13.4. The summed E-state index contributed by atoms with van der Waals surface area (Å²) >= 11 is 0. The maximum atomic E-state index is 5.51. The van der Waals surface area contributed by atoms with E-state index in [-0.39, 0.29) is 0 Å². The molecule has 0 bridgehead atoms. The SMILES string of the molecule is c1ccc(-c2cc(-c3ccccc3)nc(N3c4cc5c(cc4-c4cccc6cccc3c46)c3cc(-c4nc(-c6ccccc6)nc(-c6ccccc6)n4)ccc3n5-c3ccccn3)c2)cc1. The first-order chi connectivity index (χ1) is 32.7. The fourth-order valence-electron chi connectivity index (χ4n) is 9.56. The maximum absolute atomic E-state index is 5.51. The Bertz CT molecular complexity index is 3680. The van der Waals surface area contributed by atoms with Crippen LogP contribution in [0.5, 0.6) is 0 Å². The minimum Gasteiger partial charge on any atom is -0.294 e. The minimum atomic E-state index is 0.602. The fourth-order valence-corrected chi connectivity index (χ4v) is 9.56. The van der Waals surface area contributed by atoms with E-state index in [0.29, 0.717) is 17.5 Å². The van der Waals surface area contributed by atoms with Gasteiger partial charge in [-0.05, 0) is 82.7 Å². The van der Waals surface area contributed by atoms with Gasteiger partial charge in [-0.2, -0.15) is 0 Å². The Labute approximate surface area is 380 Å². The topological polar surface area (TPSA) is 72.6 Å². The number of fused-ring (bicyclic) bond motifs is 5. The third-order valence-corrected chi connectivity index (χ3v) is 12.6. The maximum Gasteiger partial charge on any atom is 0.164 e. The van der Waals surface area contributed by atoms with Crippen molar-refractivity contribution < 1.29 is 0 Å². The van der Waals surface area contributed by atoms with Crippen LogP contribution in [-0.2, 0) is 0 Å². The van der Waals surface area contributed by atoms with Gasteiger partial charge >= 0.3 is 0 Å². The quantitative estimate of drug-likeness (QED) is 0.159. The first-order valence-electron chi connectivity index (χ1n) is 22.1. The summed E-state index contributed by atoms with van der Waals surface area (Å²) in [6.45, 7) is 0. The zero-order valence-corrected chi connectivity index (χ0v) is 35.5. The van der Waals surface area contributed by atoms with Crippen LogP contribution < -0.4 is 4.90 Å². The van der Waals surface area contributed by atoms with E-state index in [4.69, 9.17) is 24.9 Å². The van der Waals surface area contributed by atoms with Crippen molar-refractivity contribution >= 4 is 49.8 Å². The average Bonchev–Trinajstić information content (AvgIpc) is 3.72. The van der Waals surface area contributed by atoms with Crippen LogP contribution in [0.3, 0.4) is 0 Å². The van der Waals surface area contributed by atoms with Gasteiger partial charge in [0.15, 0.2) is 17.5 Å². The third-order valence-electron chi connectivity index (χ3n) is 12.6. The first kappa shape index (κ1) is 37.5. The molecular weight excluding hydrogens is 807 g/mol. The third kappa shape index (κ3) is 6.25. The molecular formula is C59H37N7. The van der Waals surface area contributed by atoms with Crippen molar-refractivity contribution in [3.05, 3.63) is 225 Å². The highest BCUT2D eigenvalue weighted by molar-refractivity contribution is 6.19. The number of nitrogens with zero attached hydrogens (tertiary/aromatic N) is 7. The fraction of sp³-hybridized carbons (Fsp3) is 0. The van der Waals surface area contributed by atoms with Gasteiger partial charge in [-0.1, -0.05) is 158 Å². The molecule has 13 rings (SSSR count). The van der Waals surface area contributed by atoms with Gasteiger partial charge in [0.25, 0.3) is 0 Å². The molecule has 7 nitrogen and oxygen atoms in total. The summed E-state index contributed by atoms with van der Waals surface area (Å²) in [5.74, 6) is 3.50. The van der Waals surface area contributed by atoms with E-state index in [2.05, 4.69) is 149 Å². The van der Waals surface area contributed by atoms with E-state index in [1.54, 1.807) is 0 Å². The molecule has 0 atom stereocenters. The second-order valence-corrected chi connectivity index (χ2v) is 16.5. The molecule has 7 heteroatoms. The Kier molecular flexibility index (Phi) is 8.70. The van der Waals surface area contributed by atoms with Gasteiger partial charge in [0.1, 0.15) is 11.6 Å². The van der Waals surface area contributed by atoms with Crippen molar-refractivity contribution in [1.29, 1.82) is 0 Å². The molecule has 0 saturated heterocycles. The monoisotopic (exact) mass is 843 g/mol. The van der Waals surface area contributed by atoms with Crippen LogP contribution in [0.15, 0.2) is 225 Å². The Balaban J connectivity index is 1.09. The standard InChI is InChI=1S/C59H37N7/c1-5-17-38(18-6-1)44-34-49(39-19-7-2-8-20-39)61-55(35-44)66-51-28-16-26-40-25-15-27-45(56(40)51)47-36-48-46-33-43(30-31-50(46)65(53(48)37-52(47)66)54-29-13-14-32-60-54)59-63-57(41-21-9-3-10-22-41)62-58(64-59)42-23-11-4-12-24-42/h1-37H. The normalized spacial score (nSPS) is 11.9. The molecule has 0 unspecified atom stereocenters. The Morgan fingerprint density at radius 1 is 0.333 bits per heavy atom. The highest BCUT2D eigenvalue weighted by Crippen LogP contribution is 2.53. The summed E-state index contributed by atoms with van der Waals surface area (Å²) in [7, 11) is 0. The summed E-state index contributed by atoms with van der Waals surface area (Å²) in [6, 6.07) is 76.2. The lowest BCUT2D eigenvalue weighted by Gasteiger charge is -2.33. The minimum absolute atomic E-state index is 0.602. The van der Waals surface area contributed by atoms with Crippen LogP contribution in [-0.4, -0.2) is 29.5 Å². The molecule has 0 saturated carbocycles. The first-order valence-corrected chi connectivity index (χ1v) is 22.1. The summed E-state index contributed by atoms with van der Waals surface area (Å²) in [5, 5.41) is 4.50. The van der Waals surface area contributed by atoms with Crippen molar-refractivity contribution in [2.24, 2.45) is 0 Å². The number of pyridine rings is 2. The molecule has 0 fully saturated rings. The number of rotatable bonds is 7. The predicted octanol–water partition coefficient (Wildman–Crippen LogP) is 14.7. The van der Waals surface area contributed by atoms with E-state index in [1.165, 1.54) is 16.3 Å². The molecule has 0 aliphatic carbocycles. The number of aromatic nitrogens is 6. The lowest BCUT2D eigenvalue weighted by atomic mass is 9.90. The Morgan fingerprint density at radius 2 is 0.939 bits per heavy atom. The van der Waals surface area contributed by atoms with Crippen LogP contribution in [0, 0.1) is 0 Å². The van der Waals surface area contributed by atoms with Gasteiger partial charge in [-0.25, -0.2) is 24.9 Å². The zero-order valence-electron chi connectivity index (χ0n) is 35.5. The molecule has 308 valence electrons. The van der Waals surface area contributed by atoms with Crippen molar-refractivity contribution in [2.75, 3.05) is 4.90 Å². The van der Waals surface area contributed by atoms with E-state index < -0.39 is 0 Å². The number of anilines is 3. The molecule has 4 aromatic heterocycles. The van der Waals surface area contributed by atoms with Gasteiger partial charge in [-0.3, -0.25) is 9.47 Å². The predicted molar refractivity (Wildman–Crippen MR) is 268 cm³/mol. The van der Waals surface area contributed by atoms with Crippen molar-refractivity contribution in [2.45, 2.75) is 0 Å². The molecule has 0 radical (unpaired) electrons. The van der Waals surface area contributed by atoms with Crippen molar-refractivity contribution in [3.8, 4) is 73.5 Å². The molecule has 66 heavy (non-hydrogen) atoms. The lowest BCUT2D eigenvalue weighted by Crippen LogP contribution is -2.17. The van der Waals surface area contributed by atoms with E-state index in [9.17, 15) is 0 Å².